The minimum absolute atomic E-state index is 0.184. The van der Waals surface area contributed by atoms with Crippen LogP contribution in [0.2, 0.25) is 0 Å². The first-order valence-corrected chi connectivity index (χ1v) is 12.2. The molecule has 0 atom stereocenters. The van der Waals surface area contributed by atoms with E-state index in [1.165, 1.54) is 23.5 Å². The second kappa shape index (κ2) is 10.7. The molecule has 2 heterocycles. The summed E-state index contributed by atoms with van der Waals surface area (Å²) in [5.74, 6) is 1.84. The van der Waals surface area contributed by atoms with Crippen LogP contribution in [0.4, 0.5) is 13.2 Å². The summed E-state index contributed by atoms with van der Waals surface area (Å²) in [6.07, 6.45) is -4.38. The van der Waals surface area contributed by atoms with Crippen LogP contribution in [-0.4, -0.2) is 23.2 Å². The number of nitrogens with zero attached hydrogens (tertiary/aromatic N) is 2. The molecule has 1 aliphatic rings. The van der Waals surface area contributed by atoms with Crippen LogP contribution in [0, 0.1) is 5.92 Å². The zero-order valence-electron chi connectivity index (χ0n) is 19.7. The molecule has 186 valence electrons. The summed E-state index contributed by atoms with van der Waals surface area (Å²) in [6, 6.07) is 11.2. The van der Waals surface area contributed by atoms with E-state index in [9.17, 15) is 13.2 Å². The fourth-order valence-electron chi connectivity index (χ4n) is 3.70. The molecule has 1 aromatic heterocycles. The standard InChI is InChI=1S/C26H28F3N3O2S/c1-17(2)11-30-18(3)22-15-35-25(31-22)14-32(12-19-5-4-6-21(9-19)26(27,28)29)13-20-7-8-23-24(10-20)34-16-33-23/h4-10,15,17,30H,3,11-14,16H2,1-2H3. The van der Waals surface area contributed by atoms with Crippen molar-refractivity contribution in [2.45, 2.75) is 39.7 Å². The molecule has 0 unspecified atom stereocenters. The molecule has 0 saturated heterocycles. The third kappa shape index (κ3) is 6.76. The molecule has 35 heavy (non-hydrogen) atoms. The SMILES string of the molecule is C=C(NCC(C)C)c1csc(CN(Cc2cccc(C(F)(F)F)c2)Cc2ccc3c(c2)OCO3)n1. The van der Waals surface area contributed by atoms with Crippen LogP contribution in [0.3, 0.4) is 0 Å². The Kier molecular flexibility index (Phi) is 7.66. The lowest BCUT2D eigenvalue weighted by atomic mass is 10.1. The first kappa shape index (κ1) is 25.1. The van der Waals surface area contributed by atoms with Crippen molar-refractivity contribution in [2.75, 3.05) is 13.3 Å². The van der Waals surface area contributed by atoms with Gasteiger partial charge in [-0.3, -0.25) is 4.90 Å². The quantitative estimate of drug-likeness (QED) is 0.351. The van der Waals surface area contributed by atoms with Crippen molar-refractivity contribution in [1.82, 2.24) is 15.2 Å². The van der Waals surface area contributed by atoms with Gasteiger partial charge in [0.25, 0.3) is 0 Å². The average Bonchev–Trinajstić information content (AvgIpc) is 3.46. The Bertz CT molecular complexity index is 1180. The molecule has 0 saturated carbocycles. The fraction of sp³-hybridized carbons (Fsp3) is 0.346. The first-order chi connectivity index (χ1) is 16.7. The minimum Gasteiger partial charge on any atom is -0.454 e. The van der Waals surface area contributed by atoms with Crippen molar-refractivity contribution in [1.29, 1.82) is 0 Å². The highest BCUT2D eigenvalue weighted by Crippen LogP contribution is 2.33. The van der Waals surface area contributed by atoms with E-state index >= 15 is 0 Å². The highest BCUT2D eigenvalue weighted by Gasteiger charge is 2.30. The predicted molar refractivity (Wildman–Crippen MR) is 131 cm³/mol. The first-order valence-electron chi connectivity index (χ1n) is 11.3. The molecule has 5 nitrogen and oxygen atoms in total. The van der Waals surface area contributed by atoms with Gasteiger partial charge >= 0.3 is 6.18 Å². The third-order valence-corrected chi connectivity index (χ3v) is 6.28. The Morgan fingerprint density at radius 1 is 1.09 bits per heavy atom. The van der Waals surface area contributed by atoms with E-state index in [1.807, 2.05) is 23.6 Å². The number of ether oxygens (including phenoxy) is 2. The van der Waals surface area contributed by atoms with Gasteiger partial charge in [-0.2, -0.15) is 13.2 Å². The fourth-order valence-corrected chi connectivity index (χ4v) is 4.55. The number of aromatic nitrogens is 1. The van der Waals surface area contributed by atoms with Crippen molar-refractivity contribution >= 4 is 17.0 Å². The van der Waals surface area contributed by atoms with Gasteiger partial charge < -0.3 is 14.8 Å². The van der Waals surface area contributed by atoms with Crippen LogP contribution in [0.15, 0.2) is 54.4 Å². The number of thiazole rings is 1. The molecule has 0 aliphatic carbocycles. The maximum Gasteiger partial charge on any atom is 0.416 e. The Morgan fingerprint density at radius 2 is 1.83 bits per heavy atom. The molecule has 3 aromatic rings. The monoisotopic (exact) mass is 503 g/mol. The largest absolute Gasteiger partial charge is 0.454 e. The van der Waals surface area contributed by atoms with Gasteiger partial charge in [0.05, 0.1) is 23.5 Å². The van der Waals surface area contributed by atoms with Gasteiger partial charge in [-0.1, -0.05) is 44.7 Å². The van der Waals surface area contributed by atoms with Crippen molar-refractivity contribution in [3.8, 4) is 11.5 Å². The molecule has 1 aliphatic heterocycles. The second-order valence-electron chi connectivity index (χ2n) is 8.91. The van der Waals surface area contributed by atoms with Gasteiger partial charge in [0.15, 0.2) is 11.5 Å². The molecule has 0 bridgehead atoms. The molecule has 0 radical (unpaired) electrons. The van der Waals surface area contributed by atoms with Crippen molar-refractivity contribution in [2.24, 2.45) is 5.92 Å². The molecular weight excluding hydrogens is 475 g/mol. The zero-order chi connectivity index (χ0) is 25.0. The molecule has 9 heteroatoms. The number of hydrogen-bond acceptors (Lipinski definition) is 6. The lowest BCUT2D eigenvalue weighted by Crippen LogP contribution is -2.23. The number of halogens is 3. The summed E-state index contributed by atoms with van der Waals surface area (Å²) in [5.41, 5.74) is 2.46. The number of rotatable bonds is 10. The van der Waals surface area contributed by atoms with Gasteiger partial charge in [0, 0.05) is 25.0 Å². The van der Waals surface area contributed by atoms with Crippen LogP contribution in [-0.2, 0) is 25.8 Å². The molecule has 0 amide bonds. The summed E-state index contributed by atoms with van der Waals surface area (Å²) in [6.45, 7) is 10.6. The Labute approximate surface area is 207 Å². The topological polar surface area (TPSA) is 46.6 Å². The zero-order valence-corrected chi connectivity index (χ0v) is 20.5. The van der Waals surface area contributed by atoms with Crippen molar-refractivity contribution < 1.29 is 22.6 Å². The summed E-state index contributed by atoms with van der Waals surface area (Å²) >= 11 is 1.51. The Morgan fingerprint density at radius 3 is 2.57 bits per heavy atom. The lowest BCUT2D eigenvalue weighted by molar-refractivity contribution is -0.137. The molecule has 2 aromatic carbocycles. The van der Waals surface area contributed by atoms with E-state index in [0.29, 0.717) is 42.6 Å². The molecule has 4 rings (SSSR count). The van der Waals surface area contributed by atoms with E-state index < -0.39 is 11.7 Å². The molecule has 0 spiro atoms. The summed E-state index contributed by atoms with van der Waals surface area (Å²) in [7, 11) is 0. The van der Waals surface area contributed by atoms with E-state index in [0.717, 1.165) is 34.6 Å². The molecule has 0 fully saturated rings. The average molecular weight is 504 g/mol. The van der Waals surface area contributed by atoms with Crippen LogP contribution in [0.1, 0.15) is 41.2 Å². The smallest absolute Gasteiger partial charge is 0.416 e. The highest BCUT2D eigenvalue weighted by molar-refractivity contribution is 7.09. The van der Waals surface area contributed by atoms with Gasteiger partial charge in [-0.05, 0) is 35.2 Å². The van der Waals surface area contributed by atoms with Crippen LogP contribution >= 0.6 is 11.3 Å². The Balaban J connectivity index is 1.53. The van der Waals surface area contributed by atoms with E-state index in [4.69, 9.17) is 14.5 Å². The van der Waals surface area contributed by atoms with E-state index in [2.05, 4.69) is 30.6 Å². The predicted octanol–water partition coefficient (Wildman–Crippen LogP) is 6.31. The number of hydrogen-bond donors (Lipinski definition) is 1. The number of benzene rings is 2. The number of alkyl halides is 3. The van der Waals surface area contributed by atoms with Gasteiger partial charge in [0.2, 0.25) is 6.79 Å². The Hall–Kier alpha value is -3.04. The van der Waals surface area contributed by atoms with Crippen molar-refractivity contribution in [3.63, 3.8) is 0 Å². The minimum atomic E-state index is -4.38. The van der Waals surface area contributed by atoms with Gasteiger partial charge in [-0.15, -0.1) is 11.3 Å². The van der Waals surface area contributed by atoms with Crippen molar-refractivity contribution in [3.05, 3.63) is 81.8 Å². The normalized spacial score (nSPS) is 13.0. The number of nitrogens with one attached hydrogen (secondary N) is 1. The van der Waals surface area contributed by atoms with Gasteiger partial charge in [0.1, 0.15) is 5.01 Å². The third-order valence-electron chi connectivity index (χ3n) is 5.45. The summed E-state index contributed by atoms with van der Waals surface area (Å²) < 4.78 is 50.6. The maximum absolute atomic E-state index is 13.3. The van der Waals surface area contributed by atoms with Crippen LogP contribution in [0.25, 0.3) is 5.70 Å². The number of fused-ring (bicyclic) bond motifs is 1. The lowest BCUT2D eigenvalue weighted by Gasteiger charge is -2.22. The highest BCUT2D eigenvalue weighted by atomic mass is 32.1. The van der Waals surface area contributed by atoms with E-state index in [1.54, 1.807) is 6.07 Å². The van der Waals surface area contributed by atoms with Crippen LogP contribution in [0.5, 0.6) is 11.5 Å². The molecular formula is C26H28F3N3O2S. The molecule has 1 N–H and O–H groups in total. The summed E-state index contributed by atoms with van der Waals surface area (Å²) in [5, 5.41) is 6.11. The van der Waals surface area contributed by atoms with Gasteiger partial charge in [-0.25, -0.2) is 4.98 Å². The summed E-state index contributed by atoms with van der Waals surface area (Å²) in [4.78, 5) is 6.79. The maximum atomic E-state index is 13.3. The van der Waals surface area contributed by atoms with E-state index in [-0.39, 0.29) is 6.79 Å². The van der Waals surface area contributed by atoms with Crippen LogP contribution < -0.4 is 14.8 Å². The second-order valence-corrected chi connectivity index (χ2v) is 9.85.